The van der Waals surface area contributed by atoms with E-state index in [4.69, 9.17) is 19.0 Å². The fourth-order valence-corrected chi connectivity index (χ4v) is 2.40. The Hall–Kier alpha value is -2.32. The number of oxime groups is 1. The maximum atomic E-state index is 12.1. The van der Waals surface area contributed by atoms with Gasteiger partial charge in [0.05, 0.1) is 12.5 Å². The molecule has 9 heteroatoms. The van der Waals surface area contributed by atoms with Crippen LogP contribution in [-0.4, -0.2) is 54.7 Å². The molecule has 0 aromatic heterocycles. The molecule has 3 atom stereocenters. The number of carbonyl (C=O) groups excluding carboxylic acids is 3. The number of cyclic esters (lactones) is 1. The highest BCUT2D eigenvalue weighted by Crippen LogP contribution is 2.28. The number of alkyl carbamates (subject to hydrolysis) is 1. The molecule has 0 saturated carbocycles. The van der Waals surface area contributed by atoms with E-state index in [0.29, 0.717) is 0 Å². The fourth-order valence-electron chi connectivity index (χ4n) is 2.40. The van der Waals surface area contributed by atoms with Gasteiger partial charge in [0.15, 0.2) is 5.71 Å². The van der Waals surface area contributed by atoms with Crippen molar-refractivity contribution in [1.82, 2.24) is 5.32 Å². The molecule has 1 unspecified atom stereocenters. The molecule has 1 amide bonds. The molecule has 0 aromatic rings. The van der Waals surface area contributed by atoms with Crippen molar-refractivity contribution in [2.75, 3.05) is 13.2 Å². The molecule has 2 aliphatic heterocycles. The van der Waals surface area contributed by atoms with E-state index in [2.05, 4.69) is 10.5 Å². The topological polar surface area (TPSA) is 113 Å². The summed E-state index contributed by atoms with van der Waals surface area (Å²) in [4.78, 5) is 40.7. The van der Waals surface area contributed by atoms with E-state index in [0.717, 1.165) is 0 Å². The van der Waals surface area contributed by atoms with Gasteiger partial charge >= 0.3 is 18.0 Å². The highest BCUT2D eigenvalue weighted by molar-refractivity contribution is 6.39. The first-order valence-electron chi connectivity index (χ1n) is 7.78. The predicted octanol–water partition coefficient (Wildman–Crippen LogP) is 0.761. The minimum atomic E-state index is -0.977. The fraction of sp³-hybridized carbons (Fsp3) is 0.733. The molecule has 0 bridgehead atoms. The largest absolute Gasteiger partial charge is 0.464 e. The van der Waals surface area contributed by atoms with Crippen LogP contribution in [0.4, 0.5) is 4.79 Å². The van der Waals surface area contributed by atoms with Crippen LogP contribution < -0.4 is 5.32 Å². The van der Waals surface area contributed by atoms with Crippen LogP contribution in [0.5, 0.6) is 0 Å². The van der Waals surface area contributed by atoms with Gasteiger partial charge in [-0.2, -0.15) is 0 Å². The molecular weight excluding hydrogens is 320 g/mol. The van der Waals surface area contributed by atoms with Crippen LogP contribution in [0.2, 0.25) is 0 Å². The Balaban J connectivity index is 2.00. The number of esters is 2. The number of ether oxygens (including phenoxy) is 3. The van der Waals surface area contributed by atoms with Crippen molar-refractivity contribution in [3.8, 4) is 0 Å². The summed E-state index contributed by atoms with van der Waals surface area (Å²) in [5, 5.41) is 6.19. The van der Waals surface area contributed by atoms with Gasteiger partial charge in [0, 0.05) is 6.42 Å². The number of nitrogens with zero attached hydrogens (tertiary/aromatic N) is 1. The van der Waals surface area contributed by atoms with Crippen molar-refractivity contribution >= 4 is 23.7 Å². The summed E-state index contributed by atoms with van der Waals surface area (Å²) >= 11 is 0. The zero-order chi connectivity index (χ0) is 17.9. The zero-order valence-corrected chi connectivity index (χ0v) is 14.2. The quantitative estimate of drug-likeness (QED) is 0.580. The molecule has 0 spiro atoms. The smallest absolute Gasteiger partial charge is 0.408 e. The molecule has 2 rings (SSSR count). The molecular formula is C15H22N2O7. The van der Waals surface area contributed by atoms with Crippen LogP contribution in [0.15, 0.2) is 5.16 Å². The summed E-state index contributed by atoms with van der Waals surface area (Å²) < 4.78 is 15.0. The standard InChI is InChI=1S/C15H22N2O7/c1-5-21-12(18)9(16-14(20)23-15(2,3)4)6-10-8-7-22-13(19)11(8)17-24-10/h8-10H,5-7H2,1-4H3,(H,16,20)/t8-,9?,10+/m1/s1. The van der Waals surface area contributed by atoms with Gasteiger partial charge in [-0.15, -0.1) is 0 Å². The Labute approximate surface area is 139 Å². The van der Waals surface area contributed by atoms with Gasteiger partial charge in [0.1, 0.15) is 24.4 Å². The number of fused-ring (bicyclic) bond motifs is 1. The second-order valence-corrected chi connectivity index (χ2v) is 6.51. The Morgan fingerprint density at radius 3 is 2.75 bits per heavy atom. The molecule has 134 valence electrons. The van der Waals surface area contributed by atoms with Crippen LogP contribution in [0.3, 0.4) is 0 Å². The van der Waals surface area contributed by atoms with Gasteiger partial charge in [-0.05, 0) is 27.7 Å². The van der Waals surface area contributed by atoms with Crippen LogP contribution in [-0.2, 0) is 28.6 Å². The first kappa shape index (κ1) is 18.0. The highest BCUT2D eigenvalue weighted by atomic mass is 16.7. The van der Waals surface area contributed by atoms with Gasteiger partial charge in [-0.25, -0.2) is 14.4 Å². The Morgan fingerprint density at radius 2 is 2.12 bits per heavy atom. The predicted molar refractivity (Wildman–Crippen MR) is 81.2 cm³/mol. The molecule has 24 heavy (non-hydrogen) atoms. The molecule has 1 N–H and O–H groups in total. The van der Waals surface area contributed by atoms with Crippen LogP contribution in [0.25, 0.3) is 0 Å². The van der Waals surface area contributed by atoms with Crippen LogP contribution >= 0.6 is 0 Å². The number of rotatable bonds is 5. The van der Waals surface area contributed by atoms with E-state index in [-0.39, 0.29) is 31.3 Å². The Bertz CT molecular complexity index is 553. The van der Waals surface area contributed by atoms with Gasteiger partial charge in [0.2, 0.25) is 0 Å². The average molecular weight is 342 g/mol. The first-order valence-corrected chi connectivity index (χ1v) is 7.78. The minimum absolute atomic E-state index is 0.0897. The van der Waals surface area contributed by atoms with Crippen molar-refractivity contribution in [2.24, 2.45) is 11.1 Å². The molecule has 1 saturated heterocycles. The lowest BCUT2D eigenvalue weighted by Gasteiger charge is -2.24. The summed E-state index contributed by atoms with van der Waals surface area (Å²) in [6.45, 7) is 7.13. The summed E-state index contributed by atoms with van der Waals surface area (Å²) in [7, 11) is 0. The van der Waals surface area contributed by atoms with Crippen molar-refractivity contribution in [3.63, 3.8) is 0 Å². The number of nitrogens with one attached hydrogen (secondary N) is 1. The summed E-state index contributed by atoms with van der Waals surface area (Å²) in [5.41, 5.74) is -0.491. The van der Waals surface area contributed by atoms with Crippen LogP contribution in [0, 0.1) is 5.92 Å². The average Bonchev–Trinajstić information content (AvgIpc) is 3.00. The summed E-state index contributed by atoms with van der Waals surface area (Å²) in [6.07, 6.45) is -1.21. The minimum Gasteiger partial charge on any atom is -0.464 e. The van der Waals surface area contributed by atoms with E-state index in [9.17, 15) is 14.4 Å². The number of hydrogen-bond donors (Lipinski definition) is 1. The third-order valence-electron chi connectivity index (χ3n) is 3.42. The third-order valence-corrected chi connectivity index (χ3v) is 3.42. The summed E-state index contributed by atoms with van der Waals surface area (Å²) in [5.74, 6) is -1.48. The van der Waals surface area contributed by atoms with E-state index < -0.39 is 35.8 Å². The van der Waals surface area contributed by atoms with Crippen LogP contribution in [0.1, 0.15) is 34.1 Å². The molecule has 0 aliphatic carbocycles. The van der Waals surface area contributed by atoms with E-state index >= 15 is 0 Å². The highest BCUT2D eigenvalue weighted by Gasteiger charge is 2.46. The van der Waals surface area contributed by atoms with E-state index in [1.54, 1.807) is 27.7 Å². The molecule has 9 nitrogen and oxygen atoms in total. The molecule has 1 fully saturated rings. The second-order valence-electron chi connectivity index (χ2n) is 6.51. The molecule has 0 aromatic carbocycles. The molecule has 0 radical (unpaired) electrons. The zero-order valence-electron chi connectivity index (χ0n) is 14.2. The van der Waals surface area contributed by atoms with E-state index in [1.807, 2.05) is 0 Å². The number of carbonyl (C=O) groups is 3. The number of amides is 1. The van der Waals surface area contributed by atoms with Crippen molar-refractivity contribution in [1.29, 1.82) is 0 Å². The van der Waals surface area contributed by atoms with E-state index in [1.165, 1.54) is 0 Å². The maximum Gasteiger partial charge on any atom is 0.408 e. The lowest BCUT2D eigenvalue weighted by Crippen LogP contribution is -2.46. The van der Waals surface area contributed by atoms with Crippen molar-refractivity contribution < 1.29 is 33.4 Å². The van der Waals surface area contributed by atoms with Gasteiger partial charge in [-0.1, -0.05) is 5.16 Å². The lowest BCUT2D eigenvalue weighted by atomic mass is 9.95. The van der Waals surface area contributed by atoms with Crippen molar-refractivity contribution in [3.05, 3.63) is 0 Å². The Kier molecular flexibility index (Phi) is 5.30. The van der Waals surface area contributed by atoms with Gasteiger partial charge in [0.25, 0.3) is 0 Å². The maximum absolute atomic E-state index is 12.1. The second kappa shape index (κ2) is 7.06. The monoisotopic (exact) mass is 342 g/mol. The van der Waals surface area contributed by atoms with Gasteiger partial charge < -0.3 is 24.4 Å². The van der Waals surface area contributed by atoms with Crippen molar-refractivity contribution in [2.45, 2.75) is 51.9 Å². The number of hydrogen-bond acceptors (Lipinski definition) is 8. The van der Waals surface area contributed by atoms with Gasteiger partial charge in [-0.3, -0.25) is 0 Å². The Morgan fingerprint density at radius 1 is 1.42 bits per heavy atom. The first-order chi connectivity index (χ1) is 11.2. The molecule has 2 aliphatic rings. The summed E-state index contributed by atoms with van der Waals surface area (Å²) in [6, 6.07) is -0.977. The third kappa shape index (κ3) is 4.36. The lowest BCUT2D eigenvalue weighted by molar-refractivity contribution is -0.147. The SMILES string of the molecule is CCOC(=O)C(C[C@@H]1ON=C2C(=O)OC[C@@H]21)NC(=O)OC(C)(C)C. The molecule has 2 heterocycles. The normalized spacial score (nSPS) is 23.5.